The van der Waals surface area contributed by atoms with Crippen LogP contribution in [0.15, 0.2) is 24.8 Å². The monoisotopic (exact) mass is 208 g/mol. The molecule has 1 aromatic carbocycles. The molecule has 15 heavy (non-hydrogen) atoms. The van der Waals surface area contributed by atoms with Crippen LogP contribution in [0, 0.1) is 0 Å². The predicted molar refractivity (Wildman–Crippen MR) is 55.7 cm³/mol. The van der Waals surface area contributed by atoms with Crippen molar-refractivity contribution in [3.05, 3.63) is 30.4 Å². The fourth-order valence-corrected chi connectivity index (χ4v) is 1.22. The summed E-state index contributed by atoms with van der Waals surface area (Å²) in [5, 5.41) is 9.73. The third kappa shape index (κ3) is 1.93. The maximum absolute atomic E-state index is 11.3. The molecule has 0 atom stereocenters. The van der Waals surface area contributed by atoms with Crippen LogP contribution < -0.4 is 9.47 Å². The Labute approximate surface area is 87.7 Å². The highest BCUT2D eigenvalue weighted by Gasteiger charge is 2.16. The Morgan fingerprint density at radius 3 is 2.53 bits per heavy atom. The topological polar surface area (TPSA) is 55.8 Å². The van der Waals surface area contributed by atoms with E-state index in [1.807, 2.05) is 0 Å². The number of allylic oxidation sites excluding steroid dienone is 1. The van der Waals surface area contributed by atoms with Crippen molar-refractivity contribution < 1.29 is 19.4 Å². The van der Waals surface area contributed by atoms with Gasteiger partial charge in [-0.3, -0.25) is 4.79 Å². The van der Waals surface area contributed by atoms with Crippen LogP contribution >= 0.6 is 0 Å². The summed E-state index contributed by atoms with van der Waals surface area (Å²) < 4.78 is 9.90. The highest BCUT2D eigenvalue weighted by Crippen LogP contribution is 2.38. The zero-order chi connectivity index (χ0) is 11.4. The van der Waals surface area contributed by atoms with Crippen LogP contribution in [0.3, 0.4) is 0 Å². The Morgan fingerprint density at radius 2 is 2.07 bits per heavy atom. The molecule has 0 aliphatic carbocycles. The molecule has 80 valence electrons. The molecular formula is C11H12O4. The van der Waals surface area contributed by atoms with Gasteiger partial charge in [-0.25, -0.2) is 0 Å². The first-order valence-corrected chi connectivity index (χ1v) is 4.26. The fourth-order valence-electron chi connectivity index (χ4n) is 1.22. The van der Waals surface area contributed by atoms with Crippen molar-refractivity contribution in [2.24, 2.45) is 0 Å². The minimum Gasteiger partial charge on any atom is -0.504 e. The Morgan fingerprint density at radius 1 is 1.40 bits per heavy atom. The molecule has 1 rings (SSSR count). The molecule has 0 bridgehead atoms. The molecule has 1 N–H and O–H groups in total. The van der Waals surface area contributed by atoms with E-state index in [1.54, 1.807) is 6.07 Å². The molecule has 0 saturated heterocycles. The van der Waals surface area contributed by atoms with Gasteiger partial charge in [-0.15, -0.1) is 0 Å². The van der Waals surface area contributed by atoms with Gasteiger partial charge in [0.05, 0.1) is 19.8 Å². The van der Waals surface area contributed by atoms with Crippen molar-refractivity contribution in [2.75, 3.05) is 14.2 Å². The van der Waals surface area contributed by atoms with E-state index in [1.165, 1.54) is 20.3 Å². The van der Waals surface area contributed by atoms with Gasteiger partial charge in [0.2, 0.25) is 5.75 Å². The predicted octanol–water partition coefficient (Wildman–Crippen LogP) is 1.78. The zero-order valence-corrected chi connectivity index (χ0v) is 8.61. The van der Waals surface area contributed by atoms with E-state index >= 15 is 0 Å². The molecule has 0 amide bonds. The average molecular weight is 208 g/mol. The Bertz CT molecular complexity index is 396. The summed E-state index contributed by atoms with van der Waals surface area (Å²) >= 11 is 0. The summed E-state index contributed by atoms with van der Waals surface area (Å²) in [5.41, 5.74) is 0.141. The zero-order valence-electron chi connectivity index (χ0n) is 8.61. The van der Waals surface area contributed by atoms with E-state index < -0.39 is 0 Å². The summed E-state index contributed by atoms with van der Waals surface area (Å²) in [4.78, 5) is 11.3. The van der Waals surface area contributed by atoms with E-state index in [0.29, 0.717) is 5.75 Å². The average Bonchev–Trinajstić information content (AvgIpc) is 2.27. The van der Waals surface area contributed by atoms with Crippen LogP contribution in [-0.2, 0) is 0 Å². The number of ether oxygens (including phenoxy) is 2. The SMILES string of the molecule is C=CC(=O)c1ccc(OC)c(OC)c1O. The smallest absolute Gasteiger partial charge is 0.203 e. The molecule has 0 unspecified atom stereocenters. The van der Waals surface area contributed by atoms with Gasteiger partial charge in [0.25, 0.3) is 0 Å². The van der Waals surface area contributed by atoms with E-state index in [9.17, 15) is 9.90 Å². The molecule has 0 aliphatic rings. The van der Waals surface area contributed by atoms with Crippen molar-refractivity contribution in [1.82, 2.24) is 0 Å². The maximum Gasteiger partial charge on any atom is 0.203 e. The molecule has 0 saturated carbocycles. The van der Waals surface area contributed by atoms with Crippen molar-refractivity contribution in [3.8, 4) is 17.2 Å². The lowest BCUT2D eigenvalue weighted by Crippen LogP contribution is -1.98. The number of rotatable bonds is 4. The second-order valence-electron chi connectivity index (χ2n) is 2.77. The maximum atomic E-state index is 11.3. The van der Waals surface area contributed by atoms with Crippen molar-refractivity contribution >= 4 is 5.78 Å². The highest BCUT2D eigenvalue weighted by atomic mass is 16.5. The number of benzene rings is 1. The summed E-state index contributed by atoms with van der Waals surface area (Å²) in [6.07, 6.45) is 1.13. The molecule has 0 spiro atoms. The summed E-state index contributed by atoms with van der Waals surface area (Å²) in [6, 6.07) is 3.01. The third-order valence-corrected chi connectivity index (χ3v) is 1.97. The lowest BCUT2D eigenvalue weighted by Gasteiger charge is -2.10. The number of carbonyl (C=O) groups is 1. The van der Waals surface area contributed by atoms with E-state index in [4.69, 9.17) is 9.47 Å². The molecule has 4 nitrogen and oxygen atoms in total. The van der Waals surface area contributed by atoms with Gasteiger partial charge in [0.1, 0.15) is 0 Å². The van der Waals surface area contributed by atoms with Gasteiger partial charge >= 0.3 is 0 Å². The number of hydrogen-bond acceptors (Lipinski definition) is 4. The van der Waals surface area contributed by atoms with Crippen molar-refractivity contribution in [1.29, 1.82) is 0 Å². The largest absolute Gasteiger partial charge is 0.504 e. The van der Waals surface area contributed by atoms with Crippen LogP contribution in [0.2, 0.25) is 0 Å². The number of phenols is 1. The fraction of sp³-hybridized carbons (Fsp3) is 0.182. The van der Waals surface area contributed by atoms with Gasteiger partial charge in [-0.05, 0) is 18.2 Å². The van der Waals surface area contributed by atoms with Crippen molar-refractivity contribution in [2.45, 2.75) is 0 Å². The standard InChI is InChI=1S/C11H12O4/c1-4-8(12)7-5-6-9(14-2)11(15-3)10(7)13/h4-6,13H,1H2,2-3H3. The molecular weight excluding hydrogens is 196 g/mol. The molecule has 0 radical (unpaired) electrons. The van der Waals surface area contributed by atoms with Gasteiger partial charge in [0.15, 0.2) is 17.3 Å². The molecule has 0 fully saturated rings. The van der Waals surface area contributed by atoms with Crippen LogP contribution in [0.1, 0.15) is 10.4 Å². The minimum atomic E-state index is -0.367. The number of hydrogen-bond donors (Lipinski definition) is 1. The normalized spacial score (nSPS) is 9.47. The second kappa shape index (κ2) is 4.50. The van der Waals surface area contributed by atoms with E-state index in [2.05, 4.69) is 6.58 Å². The quantitative estimate of drug-likeness (QED) is 0.605. The Balaban J connectivity index is 3.35. The summed E-state index contributed by atoms with van der Waals surface area (Å²) in [7, 11) is 2.84. The first-order valence-electron chi connectivity index (χ1n) is 4.26. The molecule has 0 aliphatic heterocycles. The minimum absolute atomic E-state index is 0.141. The van der Waals surface area contributed by atoms with Gasteiger partial charge in [-0.1, -0.05) is 6.58 Å². The third-order valence-electron chi connectivity index (χ3n) is 1.97. The second-order valence-corrected chi connectivity index (χ2v) is 2.77. The van der Waals surface area contributed by atoms with Gasteiger partial charge in [0, 0.05) is 0 Å². The summed E-state index contributed by atoms with van der Waals surface area (Å²) in [5.74, 6) is -0.0870. The van der Waals surface area contributed by atoms with Crippen molar-refractivity contribution in [3.63, 3.8) is 0 Å². The Hall–Kier alpha value is -1.97. The van der Waals surface area contributed by atoms with Gasteiger partial charge < -0.3 is 14.6 Å². The number of ketones is 1. The first kappa shape index (κ1) is 11.1. The lowest BCUT2D eigenvalue weighted by molar-refractivity contribution is 0.104. The van der Waals surface area contributed by atoms with E-state index in [-0.39, 0.29) is 22.8 Å². The number of aromatic hydroxyl groups is 1. The lowest BCUT2D eigenvalue weighted by atomic mass is 10.1. The number of carbonyl (C=O) groups excluding carboxylic acids is 1. The van der Waals surface area contributed by atoms with E-state index in [0.717, 1.165) is 6.08 Å². The van der Waals surface area contributed by atoms with Crippen LogP contribution in [0.25, 0.3) is 0 Å². The summed E-state index contributed by atoms with van der Waals surface area (Å²) in [6.45, 7) is 3.34. The highest BCUT2D eigenvalue weighted by molar-refractivity contribution is 6.06. The number of methoxy groups -OCH3 is 2. The molecule has 4 heteroatoms. The first-order chi connectivity index (χ1) is 7.15. The van der Waals surface area contributed by atoms with Crippen LogP contribution in [-0.4, -0.2) is 25.1 Å². The number of phenolic OH excluding ortho intramolecular Hbond substituents is 1. The molecule has 1 aromatic rings. The van der Waals surface area contributed by atoms with Gasteiger partial charge in [-0.2, -0.15) is 0 Å². The molecule has 0 heterocycles. The Kier molecular flexibility index (Phi) is 3.33. The van der Waals surface area contributed by atoms with Crippen LogP contribution in [0.4, 0.5) is 0 Å². The molecule has 0 aromatic heterocycles. The van der Waals surface area contributed by atoms with Crippen LogP contribution in [0.5, 0.6) is 17.2 Å².